The Hall–Kier alpha value is -1.69. The standard InChI is InChI=1S/C15H14BrFN2O2/c16-11-7-6-9(17)8-13(11)19-12-5-3-1-2-4-10(12)14(18-19)15(20)21/h6-8H,1-5H2,(H,20,21). The number of aromatic carboxylic acids is 1. The molecule has 1 aliphatic carbocycles. The molecule has 0 spiro atoms. The predicted octanol–water partition coefficient (Wildman–Crippen LogP) is 3.74. The first kappa shape index (κ1) is 14.3. The van der Waals surface area contributed by atoms with Crippen LogP contribution in [0.2, 0.25) is 0 Å². The van der Waals surface area contributed by atoms with E-state index < -0.39 is 5.97 Å². The molecule has 3 rings (SSSR count). The molecule has 1 aromatic heterocycles. The van der Waals surface area contributed by atoms with Gasteiger partial charge < -0.3 is 5.11 Å². The first-order valence-corrected chi connectivity index (χ1v) is 7.66. The van der Waals surface area contributed by atoms with E-state index in [1.807, 2.05) is 0 Å². The molecule has 0 fully saturated rings. The zero-order valence-electron chi connectivity index (χ0n) is 11.3. The van der Waals surface area contributed by atoms with Crippen LogP contribution >= 0.6 is 15.9 Å². The van der Waals surface area contributed by atoms with Gasteiger partial charge in [0.2, 0.25) is 0 Å². The van der Waals surface area contributed by atoms with Crippen molar-refractivity contribution in [3.05, 3.63) is 45.4 Å². The molecular weight excluding hydrogens is 339 g/mol. The third-order valence-electron chi connectivity index (χ3n) is 3.77. The Kier molecular flexibility index (Phi) is 3.80. The largest absolute Gasteiger partial charge is 0.476 e. The van der Waals surface area contributed by atoms with Crippen LogP contribution < -0.4 is 0 Å². The van der Waals surface area contributed by atoms with Crippen molar-refractivity contribution in [2.75, 3.05) is 0 Å². The summed E-state index contributed by atoms with van der Waals surface area (Å²) in [6.07, 6.45) is 4.49. The van der Waals surface area contributed by atoms with Crippen molar-refractivity contribution in [2.45, 2.75) is 32.1 Å². The highest BCUT2D eigenvalue weighted by molar-refractivity contribution is 9.10. The summed E-state index contributed by atoms with van der Waals surface area (Å²) in [6.45, 7) is 0. The number of carboxylic acids is 1. The van der Waals surface area contributed by atoms with Gasteiger partial charge in [-0.15, -0.1) is 0 Å². The maximum Gasteiger partial charge on any atom is 0.356 e. The summed E-state index contributed by atoms with van der Waals surface area (Å²) >= 11 is 3.39. The van der Waals surface area contributed by atoms with Gasteiger partial charge >= 0.3 is 5.97 Å². The maximum absolute atomic E-state index is 13.5. The molecule has 2 aromatic rings. The van der Waals surface area contributed by atoms with Gasteiger partial charge in [0.15, 0.2) is 5.69 Å². The van der Waals surface area contributed by atoms with Crippen LogP contribution in [0.3, 0.4) is 0 Å². The summed E-state index contributed by atoms with van der Waals surface area (Å²) in [7, 11) is 0. The molecular formula is C15H14BrFN2O2. The number of aromatic nitrogens is 2. The minimum Gasteiger partial charge on any atom is -0.476 e. The van der Waals surface area contributed by atoms with E-state index >= 15 is 0 Å². The zero-order valence-corrected chi connectivity index (χ0v) is 12.9. The Morgan fingerprint density at radius 1 is 1.29 bits per heavy atom. The lowest BCUT2D eigenvalue weighted by molar-refractivity contribution is 0.0688. The van der Waals surface area contributed by atoms with Crippen molar-refractivity contribution < 1.29 is 14.3 Å². The summed E-state index contributed by atoms with van der Waals surface area (Å²) in [5, 5.41) is 13.6. The Morgan fingerprint density at radius 3 is 2.81 bits per heavy atom. The SMILES string of the molecule is O=C(O)c1nn(-c2cc(F)ccc2Br)c2c1CCCCC2. The van der Waals surface area contributed by atoms with E-state index in [4.69, 9.17) is 0 Å². The molecule has 0 saturated carbocycles. The Bertz CT molecular complexity index is 712. The summed E-state index contributed by atoms with van der Waals surface area (Å²) in [5.74, 6) is -1.40. The Morgan fingerprint density at radius 2 is 2.05 bits per heavy atom. The van der Waals surface area contributed by atoms with E-state index in [0.717, 1.165) is 36.9 Å². The van der Waals surface area contributed by atoms with Crippen molar-refractivity contribution in [3.63, 3.8) is 0 Å². The Balaban J connectivity index is 2.23. The maximum atomic E-state index is 13.5. The fourth-order valence-corrected chi connectivity index (χ4v) is 3.21. The van der Waals surface area contributed by atoms with Crippen molar-refractivity contribution in [2.24, 2.45) is 0 Å². The molecule has 1 aliphatic rings. The third-order valence-corrected chi connectivity index (χ3v) is 4.44. The lowest BCUT2D eigenvalue weighted by Crippen LogP contribution is -2.05. The summed E-state index contributed by atoms with van der Waals surface area (Å²) in [4.78, 5) is 11.4. The number of rotatable bonds is 2. The third kappa shape index (κ3) is 2.60. The number of carbonyl (C=O) groups is 1. The van der Waals surface area contributed by atoms with E-state index in [0.29, 0.717) is 16.6 Å². The number of hydrogen-bond acceptors (Lipinski definition) is 2. The number of benzene rings is 1. The number of fused-ring (bicyclic) bond motifs is 1. The van der Waals surface area contributed by atoms with Crippen molar-refractivity contribution in [1.82, 2.24) is 9.78 Å². The quantitative estimate of drug-likeness (QED) is 0.837. The average Bonchev–Trinajstić information content (AvgIpc) is 2.64. The number of halogens is 2. The second kappa shape index (κ2) is 5.60. The topological polar surface area (TPSA) is 55.1 Å². The minimum absolute atomic E-state index is 0.0862. The lowest BCUT2D eigenvalue weighted by atomic mass is 10.1. The van der Waals surface area contributed by atoms with E-state index in [2.05, 4.69) is 21.0 Å². The molecule has 1 N–H and O–H groups in total. The molecule has 1 heterocycles. The molecule has 21 heavy (non-hydrogen) atoms. The van der Waals surface area contributed by atoms with Gasteiger partial charge in [-0.2, -0.15) is 5.10 Å². The summed E-state index contributed by atoms with van der Waals surface area (Å²) in [6, 6.07) is 4.33. The van der Waals surface area contributed by atoms with Gasteiger partial charge in [0.1, 0.15) is 5.82 Å². The van der Waals surface area contributed by atoms with Gasteiger partial charge in [0.25, 0.3) is 0 Å². The van der Waals surface area contributed by atoms with Crippen molar-refractivity contribution >= 4 is 21.9 Å². The normalized spacial score (nSPS) is 14.6. The van der Waals surface area contributed by atoms with Gasteiger partial charge in [-0.05, 0) is 53.7 Å². The molecule has 1 aromatic carbocycles. The van der Waals surface area contributed by atoms with Crippen LogP contribution in [0.5, 0.6) is 0 Å². The molecule has 0 atom stereocenters. The van der Waals surface area contributed by atoms with Crippen LogP contribution in [0, 0.1) is 5.82 Å². The van der Waals surface area contributed by atoms with E-state index in [9.17, 15) is 14.3 Å². The van der Waals surface area contributed by atoms with Crippen molar-refractivity contribution in [3.8, 4) is 5.69 Å². The van der Waals surface area contributed by atoms with E-state index in [1.54, 1.807) is 10.7 Å². The fourth-order valence-electron chi connectivity index (χ4n) is 2.79. The van der Waals surface area contributed by atoms with Gasteiger partial charge in [-0.1, -0.05) is 6.42 Å². The van der Waals surface area contributed by atoms with E-state index in [1.165, 1.54) is 12.1 Å². The first-order chi connectivity index (χ1) is 10.1. The molecule has 0 saturated heterocycles. The second-order valence-electron chi connectivity index (χ2n) is 5.15. The van der Waals surface area contributed by atoms with Gasteiger partial charge in [-0.25, -0.2) is 13.9 Å². The Labute approximate surface area is 129 Å². The molecule has 0 amide bonds. The van der Waals surface area contributed by atoms with Crippen LogP contribution in [-0.4, -0.2) is 20.9 Å². The molecule has 6 heteroatoms. The zero-order chi connectivity index (χ0) is 15.0. The highest BCUT2D eigenvalue weighted by atomic mass is 79.9. The van der Waals surface area contributed by atoms with Crippen molar-refractivity contribution in [1.29, 1.82) is 0 Å². The van der Waals surface area contributed by atoms with E-state index in [-0.39, 0.29) is 11.5 Å². The first-order valence-electron chi connectivity index (χ1n) is 6.87. The molecule has 0 bridgehead atoms. The smallest absolute Gasteiger partial charge is 0.356 e. The van der Waals surface area contributed by atoms with Crippen LogP contribution in [0.4, 0.5) is 4.39 Å². The van der Waals surface area contributed by atoms with Crippen LogP contribution in [0.1, 0.15) is 41.0 Å². The molecule has 110 valence electrons. The highest BCUT2D eigenvalue weighted by Gasteiger charge is 2.25. The number of nitrogens with zero attached hydrogens (tertiary/aromatic N) is 2. The molecule has 4 nitrogen and oxygen atoms in total. The molecule has 0 radical (unpaired) electrons. The number of carboxylic acid groups (broad SMARTS) is 1. The predicted molar refractivity (Wildman–Crippen MR) is 79.4 cm³/mol. The molecule has 0 aliphatic heterocycles. The minimum atomic E-state index is -1.03. The van der Waals surface area contributed by atoms with Crippen LogP contribution in [0.25, 0.3) is 5.69 Å². The summed E-state index contributed by atoms with van der Waals surface area (Å²) in [5.41, 5.74) is 2.30. The highest BCUT2D eigenvalue weighted by Crippen LogP contribution is 2.29. The second-order valence-corrected chi connectivity index (χ2v) is 6.00. The van der Waals surface area contributed by atoms with Crippen LogP contribution in [0.15, 0.2) is 22.7 Å². The summed E-state index contributed by atoms with van der Waals surface area (Å²) < 4.78 is 15.8. The number of hydrogen-bond donors (Lipinski definition) is 1. The van der Waals surface area contributed by atoms with Gasteiger partial charge in [0, 0.05) is 21.8 Å². The lowest BCUT2D eigenvalue weighted by Gasteiger charge is -2.09. The average molecular weight is 353 g/mol. The van der Waals surface area contributed by atoms with Gasteiger partial charge in [0.05, 0.1) is 5.69 Å². The molecule has 0 unspecified atom stereocenters. The monoisotopic (exact) mass is 352 g/mol. The van der Waals surface area contributed by atoms with Gasteiger partial charge in [-0.3, -0.25) is 0 Å². The van der Waals surface area contributed by atoms with Crippen LogP contribution in [-0.2, 0) is 12.8 Å². The fraction of sp³-hybridized carbons (Fsp3) is 0.333.